The maximum Gasteiger partial charge on any atom is 0.408 e. The molecule has 33 heavy (non-hydrogen) atoms. The van der Waals surface area contributed by atoms with E-state index in [9.17, 15) is 19.5 Å². The molecule has 1 fully saturated rings. The Labute approximate surface area is 191 Å². The van der Waals surface area contributed by atoms with Crippen LogP contribution < -0.4 is 16.4 Å². The van der Waals surface area contributed by atoms with Crippen LogP contribution in [0.1, 0.15) is 36.0 Å². The third-order valence-electron chi connectivity index (χ3n) is 5.70. The predicted molar refractivity (Wildman–Crippen MR) is 121 cm³/mol. The van der Waals surface area contributed by atoms with Gasteiger partial charge in [0.1, 0.15) is 12.1 Å². The molecular formula is C23H27N5O5. The first kappa shape index (κ1) is 23.6. The fourth-order valence-electron chi connectivity index (χ4n) is 3.83. The molecule has 0 aliphatic carbocycles. The van der Waals surface area contributed by atoms with Crippen molar-refractivity contribution in [3.05, 3.63) is 71.3 Å². The van der Waals surface area contributed by atoms with Crippen molar-refractivity contribution < 1.29 is 24.7 Å². The summed E-state index contributed by atoms with van der Waals surface area (Å²) in [5.41, 5.74) is 7.83. The van der Waals surface area contributed by atoms with Crippen molar-refractivity contribution in [3.63, 3.8) is 0 Å². The molecule has 3 rings (SSSR count). The second kappa shape index (κ2) is 10.5. The summed E-state index contributed by atoms with van der Waals surface area (Å²) in [7, 11) is 0. The summed E-state index contributed by atoms with van der Waals surface area (Å²) in [4.78, 5) is 38.1. The van der Waals surface area contributed by atoms with E-state index in [1.54, 1.807) is 31.2 Å². The maximum atomic E-state index is 12.8. The summed E-state index contributed by atoms with van der Waals surface area (Å²) < 4.78 is 0. The molecule has 1 saturated heterocycles. The van der Waals surface area contributed by atoms with E-state index in [-0.39, 0.29) is 24.8 Å². The zero-order valence-corrected chi connectivity index (χ0v) is 18.1. The number of nitrogens with two attached hydrogens (primary N) is 1. The molecule has 0 aromatic heterocycles. The largest absolute Gasteiger partial charge is 0.465 e. The van der Waals surface area contributed by atoms with Crippen molar-refractivity contribution in [2.75, 3.05) is 6.54 Å². The number of likely N-dealkylation sites (tertiary alicyclic amines) is 1. The number of nitrogens with one attached hydrogen (secondary N) is 2. The molecule has 6 N–H and O–H groups in total. The first-order valence-electron chi connectivity index (χ1n) is 10.5. The van der Waals surface area contributed by atoms with Gasteiger partial charge in [-0.15, -0.1) is 0 Å². The van der Waals surface area contributed by atoms with Gasteiger partial charge in [-0.3, -0.25) is 14.5 Å². The molecule has 1 heterocycles. The summed E-state index contributed by atoms with van der Waals surface area (Å²) in [6.45, 7) is 1.99. The van der Waals surface area contributed by atoms with Gasteiger partial charge in [-0.25, -0.2) is 4.79 Å². The van der Waals surface area contributed by atoms with E-state index >= 15 is 0 Å². The summed E-state index contributed by atoms with van der Waals surface area (Å²) in [5.74, 6) is -1.00. The lowest BCUT2D eigenvalue weighted by Gasteiger charge is -2.22. The zero-order valence-electron chi connectivity index (χ0n) is 18.1. The van der Waals surface area contributed by atoms with Crippen LogP contribution in [0.4, 0.5) is 4.79 Å². The molecule has 0 saturated carbocycles. The van der Waals surface area contributed by atoms with Gasteiger partial charge in [-0.05, 0) is 24.5 Å². The van der Waals surface area contributed by atoms with E-state index in [4.69, 9.17) is 10.9 Å². The molecule has 0 bridgehead atoms. The molecule has 1 aliphatic heterocycles. The second-order valence-corrected chi connectivity index (χ2v) is 7.92. The minimum atomic E-state index is -1.17. The highest BCUT2D eigenvalue weighted by molar-refractivity contribution is 5.97. The van der Waals surface area contributed by atoms with Crippen LogP contribution in [0.2, 0.25) is 0 Å². The van der Waals surface area contributed by atoms with Gasteiger partial charge in [-0.2, -0.15) is 0 Å². The summed E-state index contributed by atoms with van der Waals surface area (Å²) >= 11 is 0. The summed E-state index contributed by atoms with van der Waals surface area (Å²) in [6, 6.07) is 14.5. The number of amides is 3. The number of carbonyl (C=O) groups excluding carboxylic acids is 2. The number of rotatable bonds is 7. The van der Waals surface area contributed by atoms with Crippen LogP contribution in [0, 0.1) is 0 Å². The molecule has 10 nitrogen and oxygen atoms in total. The Balaban J connectivity index is 1.56. The van der Waals surface area contributed by atoms with Gasteiger partial charge in [0, 0.05) is 24.6 Å². The van der Waals surface area contributed by atoms with E-state index in [0.717, 1.165) is 16.0 Å². The van der Waals surface area contributed by atoms with Crippen molar-refractivity contribution in [2.45, 2.75) is 37.9 Å². The van der Waals surface area contributed by atoms with Crippen molar-refractivity contribution in [2.24, 2.45) is 10.9 Å². The van der Waals surface area contributed by atoms with Crippen LogP contribution in [-0.4, -0.2) is 57.6 Å². The molecule has 2 aromatic rings. The van der Waals surface area contributed by atoms with Gasteiger partial charge >= 0.3 is 6.09 Å². The Bertz CT molecular complexity index is 1030. The SMILES string of the molecule is CC(NC(=O)[C@H]1C[C@H](c2ccccc2)CN1C(=O)O)C(=O)NCc1ccc(/C(N)=N/O)cc1. The topological polar surface area (TPSA) is 157 Å². The van der Waals surface area contributed by atoms with E-state index in [2.05, 4.69) is 15.8 Å². The number of hydrogen-bond acceptors (Lipinski definition) is 5. The molecule has 1 aliphatic rings. The molecule has 174 valence electrons. The number of hydrogen-bond donors (Lipinski definition) is 5. The van der Waals surface area contributed by atoms with E-state index in [0.29, 0.717) is 12.0 Å². The molecule has 1 unspecified atom stereocenters. The molecule has 0 radical (unpaired) electrons. The van der Waals surface area contributed by atoms with Gasteiger partial charge in [-0.1, -0.05) is 59.8 Å². The first-order chi connectivity index (χ1) is 15.8. The number of carboxylic acid groups (broad SMARTS) is 1. The number of amidine groups is 1. The first-order valence-corrected chi connectivity index (χ1v) is 10.5. The molecular weight excluding hydrogens is 426 g/mol. The standard InChI is InChI=1S/C23H27N5O5/c1-14(21(29)25-12-15-7-9-17(10-8-15)20(24)27-33)26-22(30)19-11-18(13-28(19)23(31)32)16-5-3-2-4-6-16/h2-10,14,18-19,33H,11-13H2,1H3,(H2,24,27)(H,25,29)(H,26,30)(H,31,32)/t14?,18-,19+/m0/s1. The average molecular weight is 453 g/mol. The third kappa shape index (κ3) is 5.79. The predicted octanol–water partition coefficient (Wildman–Crippen LogP) is 1.44. The van der Waals surface area contributed by atoms with Crippen LogP contribution in [0.25, 0.3) is 0 Å². The van der Waals surface area contributed by atoms with Gasteiger partial charge in [0.15, 0.2) is 5.84 Å². The Kier molecular flexibility index (Phi) is 7.50. The number of oxime groups is 1. The lowest BCUT2D eigenvalue weighted by Crippen LogP contribution is -2.51. The molecule has 0 spiro atoms. The monoisotopic (exact) mass is 453 g/mol. The van der Waals surface area contributed by atoms with Crippen molar-refractivity contribution in [1.29, 1.82) is 0 Å². The van der Waals surface area contributed by atoms with Crippen LogP contribution >= 0.6 is 0 Å². The molecule has 3 amide bonds. The third-order valence-corrected chi connectivity index (χ3v) is 5.70. The lowest BCUT2D eigenvalue weighted by atomic mass is 9.96. The van der Waals surface area contributed by atoms with Gasteiger partial charge in [0.25, 0.3) is 0 Å². The minimum Gasteiger partial charge on any atom is -0.465 e. The van der Waals surface area contributed by atoms with Gasteiger partial charge < -0.3 is 26.7 Å². The fraction of sp³-hybridized carbons (Fsp3) is 0.304. The van der Waals surface area contributed by atoms with E-state index in [1.165, 1.54) is 0 Å². The highest BCUT2D eigenvalue weighted by atomic mass is 16.4. The number of carbonyl (C=O) groups is 3. The van der Waals surface area contributed by atoms with Gasteiger partial charge in [0.2, 0.25) is 11.8 Å². The summed E-state index contributed by atoms with van der Waals surface area (Å²) in [6.07, 6.45) is -0.815. The van der Waals surface area contributed by atoms with Crippen molar-refractivity contribution >= 4 is 23.7 Å². The quantitative estimate of drug-likeness (QED) is 0.185. The molecule has 10 heteroatoms. The maximum absolute atomic E-state index is 12.8. The minimum absolute atomic E-state index is 0.0151. The van der Waals surface area contributed by atoms with Crippen molar-refractivity contribution in [1.82, 2.24) is 15.5 Å². The van der Waals surface area contributed by atoms with Gasteiger partial charge in [0.05, 0.1) is 0 Å². The van der Waals surface area contributed by atoms with Crippen molar-refractivity contribution in [3.8, 4) is 0 Å². The van der Waals surface area contributed by atoms with Crippen LogP contribution in [-0.2, 0) is 16.1 Å². The van der Waals surface area contributed by atoms with Crippen LogP contribution in [0.3, 0.4) is 0 Å². The molecule has 3 atom stereocenters. The number of benzene rings is 2. The fourth-order valence-corrected chi connectivity index (χ4v) is 3.83. The highest BCUT2D eigenvalue weighted by Gasteiger charge is 2.40. The van der Waals surface area contributed by atoms with E-state index in [1.807, 2.05) is 30.3 Å². The number of nitrogens with zero attached hydrogens (tertiary/aromatic N) is 2. The van der Waals surface area contributed by atoms with Crippen LogP contribution in [0.15, 0.2) is 59.8 Å². The highest BCUT2D eigenvalue weighted by Crippen LogP contribution is 2.31. The second-order valence-electron chi connectivity index (χ2n) is 7.92. The average Bonchev–Trinajstić information content (AvgIpc) is 3.29. The lowest BCUT2D eigenvalue weighted by molar-refractivity contribution is -0.130. The summed E-state index contributed by atoms with van der Waals surface area (Å²) in [5, 5.41) is 26.5. The van der Waals surface area contributed by atoms with Crippen LogP contribution in [0.5, 0.6) is 0 Å². The van der Waals surface area contributed by atoms with E-state index < -0.39 is 30.0 Å². The molecule has 2 aromatic carbocycles. The Morgan fingerprint density at radius 2 is 1.82 bits per heavy atom. The Morgan fingerprint density at radius 1 is 1.15 bits per heavy atom. The zero-order chi connectivity index (χ0) is 24.0. The Morgan fingerprint density at radius 3 is 2.42 bits per heavy atom. The smallest absolute Gasteiger partial charge is 0.408 e. The normalized spacial score (nSPS) is 19.1. The Hall–Kier alpha value is -4.08.